The number of halogens is 1. The van der Waals surface area contributed by atoms with E-state index in [1.165, 1.54) is 10.9 Å². The second kappa shape index (κ2) is 8.53. The maximum Gasteiger partial charge on any atom is 0.142 e. The molecule has 0 saturated carbocycles. The van der Waals surface area contributed by atoms with Gasteiger partial charge in [0.05, 0.1) is 12.6 Å². The lowest BCUT2D eigenvalue weighted by Gasteiger charge is -2.08. The van der Waals surface area contributed by atoms with Gasteiger partial charge in [0, 0.05) is 18.1 Å². The van der Waals surface area contributed by atoms with Crippen LogP contribution in [0.2, 0.25) is 0 Å². The van der Waals surface area contributed by atoms with Crippen molar-refractivity contribution < 1.29 is 13.9 Å². The van der Waals surface area contributed by atoms with Crippen molar-refractivity contribution in [2.24, 2.45) is 0 Å². The first-order valence-electron chi connectivity index (χ1n) is 8.43. The van der Waals surface area contributed by atoms with Gasteiger partial charge in [-0.1, -0.05) is 24.3 Å². The van der Waals surface area contributed by atoms with Gasteiger partial charge in [0.25, 0.3) is 0 Å². The van der Waals surface area contributed by atoms with Crippen LogP contribution in [0.1, 0.15) is 11.1 Å². The van der Waals surface area contributed by atoms with Gasteiger partial charge < -0.3 is 19.8 Å². The van der Waals surface area contributed by atoms with E-state index < -0.39 is 6.67 Å². The highest BCUT2D eigenvalue weighted by atomic mass is 19.1. The molecule has 25 heavy (non-hydrogen) atoms. The lowest BCUT2D eigenvalue weighted by Crippen LogP contribution is -2.16. The summed E-state index contributed by atoms with van der Waals surface area (Å²) in [6.07, 6.45) is 2.96. The first-order valence-corrected chi connectivity index (χ1v) is 8.43. The average molecular weight is 342 g/mol. The van der Waals surface area contributed by atoms with Crippen LogP contribution in [0.15, 0.2) is 48.7 Å². The van der Waals surface area contributed by atoms with Gasteiger partial charge in [0.15, 0.2) is 0 Å². The average Bonchev–Trinajstić information content (AvgIpc) is 3.07. The van der Waals surface area contributed by atoms with Crippen molar-refractivity contribution in [3.05, 3.63) is 59.8 Å². The normalized spacial score (nSPS) is 11.0. The molecule has 5 heteroatoms. The molecule has 0 fully saturated rings. The molecule has 0 aliphatic heterocycles. The van der Waals surface area contributed by atoms with Crippen LogP contribution >= 0.6 is 0 Å². The number of hydrogen-bond acceptors (Lipinski definition) is 3. The van der Waals surface area contributed by atoms with E-state index in [4.69, 9.17) is 9.47 Å². The molecule has 0 amide bonds. The Labute approximate surface area is 147 Å². The summed E-state index contributed by atoms with van der Waals surface area (Å²) in [5, 5.41) is 4.64. The highest BCUT2D eigenvalue weighted by Crippen LogP contribution is 2.27. The zero-order chi connectivity index (χ0) is 17.5. The van der Waals surface area contributed by atoms with Gasteiger partial charge in [-0.3, -0.25) is 0 Å². The highest BCUT2D eigenvalue weighted by molar-refractivity contribution is 5.88. The van der Waals surface area contributed by atoms with Gasteiger partial charge in [0.1, 0.15) is 24.8 Å². The van der Waals surface area contributed by atoms with E-state index in [-0.39, 0.29) is 6.61 Å². The molecule has 0 bridgehead atoms. The molecule has 2 aromatic carbocycles. The Balaban J connectivity index is 1.54. The number of rotatable bonds is 9. The van der Waals surface area contributed by atoms with E-state index in [1.807, 2.05) is 42.6 Å². The number of methoxy groups -OCH3 is 1. The minimum absolute atomic E-state index is 0.0981. The molecule has 0 atom stereocenters. The molecule has 0 aliphatic carbocycles. The number of aromatic amines is 1. The first-order chi connectivity index (χ1) is 12.3. The molecule has 4 nitrogen and oxygen atoms in total. The molecule has 0 unspecified atom stereocenters. The van der Waals surface area contributed by atoms with Crippen LogP contribution in [0.3, 0.4) is 0 Å². The Morgan fingerprint density at radius 3 is 2.88 bits per heavy atom. The number of benzene rings is 2. The number of hydrogen-bond donors (Lipinski definition) is 2. The summed E-state index contributed by atoms with van der Waals surface area (Å²) in [6, 6.07) is 13.8. The Hall–Kier alpha value is -2.53. The van der Waals surface area contributed by atoms with E-state index >= 15 is 0 Å². The van der Waals surface area contributed by atoms with E-state index in [0.717, 1.165) is 36.3 Å². The van der Waals surface area contributed by atoms with Gasteiger partial charge in [0.2, 0.25) is 0 Å². The standard InChI is InChI=1S/C20H23FN2O2/c1-24-19-7-3-6-18-16(14-23-20(18)19)8-10-22-13-15-4-2-5-17(12-15)25-11-9-21/h2-7,12,14,22-23H,8-11,13H2,1H3. The summed E-state index contributed by atoms with van der Waals surface area (Å²) >= 11 is 0. The molecule has 1 heterocycles. The summed E-state index contributed by atoms with van der Waals surface area (Å²) in [7, 11) is 1.68. The number of alkyl halides is 1. The molecule has 132 valence electrons. The maximum atomic E-state index is 12.2. The van der Waals surface area contributed by atoms with Crippen LogP contribution in [-0.4, -0.2) is 31.9 Å². The molecule has 3 rings (SSSR count). The molecule has 0 spiro atoms. The molecule has 0 aliphatic rings. The Morgan fingerprint density at radius 2 is 2.04 bits per heavy atom. The van der Waals surface area contributed by atoms with Crippen molar-refractivity contribution in [3.8, 4) is 11.5 Å². The van der Waals surface area contributed by atoms with Gasteiger partial charge in [-0.05, 0) is 42.3 Å². The van der Waals surface area contributed by atoms with Gasteiger partial charge in [-0.2, -0.15) is 0 Å². The fourth-order valence-corrected chi connectivity index (χ4v) is 2.92. The molecule has 2 N–H and O–H groups in total. The van der Waals surface area contributed by atoms with E-state index in [9.17, 15) is 4.39 Å². The van der Waals surface area contributed by atoms with Crippen molar-refractivity contribution in [1.82, 2.24) is 10.3 Å². The van der Waals surface area contributed by atoms with Gasteiger partial charge >= 0.3 is 0 Å². The smallest absolute Gasteiger partial charge is 0.142 e. The van der Waals surface area contributed by atoms with Crippen molar-refractivity contribution >= 4 is 10.9 Å². The van der Waals surface area contributed by atoms with Crippen LogP contribution in [0, 0.1) is 0 Å². The summed E-state index contributed by atoms with van der Waals surface area (Å²) in [6.45, 7) is 1.23. The van der Waals surface area contributed by atoms with Gasteiger partial charge in [-0.25, -0.2) is 4.39 Å². The van der Waals surface area contributed by atoms with Crippen LogP contribution in [0.4, 0.5) is 4.39 Å². The largest absolute Gasteiger partial charge is 0.495 e. The summed E-state index contributed by atoms with van der Waals surface area (Å²) in [5.74, 6) is 1.57. The van der Waals surface area contributed by atoms with E-state index in [1.54, 1.807) is 7.11 Å². The van der Waals surface area contributed by atoms with Crippen LogP contribution in [-0.2, 0) is 13.0 Å². The lowest BCUT2D eigenvalue weighted by atomic mass is 10.1. The summed E-state index contributed by atoms with van der Waals surface area (Å²) in [5.41, 5.74) is 3.43. The molecule has 0 saturated heterocycles. The maximum absolute atomic E-state index is 12.2. The van der Waals surface area contributed by atoms with E-state index in [2.05, 4.69) is 16.4 Å². The summed E-state index contributed by atoms with van der Waals surface area (Å²) < 4.78 is 22.9. The number of para-hydroxylation sites is 1. The minimum atomic E-state index is -0.474. The van der Waals surface area contributed by atoms with Gasteiger partial charge in [-0.15, -0.1) is 0 Å². The third-order valence-corrected chi connectivity index (χ3v) is 4.13. The van der Waals surface area contributed by atoms with Crippen molar-refractivity contribution in [1.29, 1.82) is 0 Å². The van der Waals surface area contributed by atoms with E-state index in [0.29, 0.717) is 5.75 Å². The third kappa shape index (κ3) is 4.31. The van der Waals surface area contributed by atoms with Crippen molar-refractivity contribution in [2.45, 2.75) is 13.0 Å². The molecular formula is C20H23FN2O2. The highest BCUT2D eigenvalue weighted by Gasteiger charge is 2.07. The first kappa shape index (κ1) is 17.3. The number of aromatic nitrogens is 1. The molecule has 3 aromatic rings. The topological polar surface area (TPSA) is 46.3 Å². The second-order valence-corrected chi connectivity index (χ2v) is 5.81. The molecule has 0 radical (unpaired) electrons. The fourth-order valence-electron chi connectivity index (χ4n) is 2.92. The molecular weight excluding hydrogens is 319 g/mol. The minimum Gasteiger partial charge on any atom is -0.495 e. The Bertz CT molecular complexity index is 816. The Morgan fingerprint density at radius 1 is 1.16 bits per heavy atom. The van der Waals surface area contributed by atoms with Crippen molar-refractivity contribution in [3.63, 3.8) is 0 Å². The second-order valence-electron chi connectivity index (χ2n) is 5.81. The number of H-pyrrole nitrogens is 1. The quantitative estimate of drug-likeness (QED) is 0.581. The van der Waals surface area contributed by atoms with Crippen molar-refractivity contribution in [2.75, 3.05) is 26.9 Å². The number of fused-ring (bicyclic) bond motifs is 1. The third-order valence-electron chi connectivity index (χ3n) is 4.13. The summed E-state index contributed by atoms with van der Waals surface area (Å²) in [4.78, 5) is 3.29. The SMILES string of the molecule is COc1cccc2c(CCNCc3cccc(OCCF)c3)c[nH]c12. The zero-order valence-electron chi connectivity index (χ0n) is 14.3. The lowest BCUT2D eigenvalue weighted by molar-refractivity contribution is 0.273. The predicted molar refractivity (Wildman–Crippen MR) is 98.2 cm³/mol. The zero-order valence-corrected chi connectivity index (χ0v) is 14.3. The number of nitrogens with one attached hydrogen (secondary N) is 2. The predicted octanol–water partition coefficient (Wildman–Crippen LogP) is 3.86. The fraction of sp³-hybridized carbons (Fsp3) is 0.300. The monoisotopic (exact) mass is 342 g/mol. The number of ether oxygens (including phenoxy) is 2. The molecule has 1 aromatic heterocycles. The van der Waals surface area contributed by atoms with Crippen LogP contribution < -0.4 is 14.8 Å². The van der Waals surface area contributed by atoms with Crippen LogP contribution in [0.5, 0.6) is 11.5 Å². The Kier molecular flexibility index (Phi) is 5.90. The van der Waals surface area contributed by atoms with Crippen LogP contribution in [0.25, 0.3) is 10.9 Å².